The topological polar surface area (TPSA) is 23.1 Å². The number of benzene rings is 2. The fourth-order valence-corrected chi connectivity index (χ4v) is 1.83. The summed E-state index contributed by atoms with van der Waals surface area (Å²) in [5, 5.41) is 2.16. The highest BCUT2D eigenvalue weighted by Gasteiger charge is 2.03. The van der Waals surface area contributed by atoms with Crippen molar-refractivity contribution in [2.24, 2.45) is 0 Å². The summed E-state index contributed by atoms with van der Waals surface area (Å²) in [5.74, 6) is 0. The zero-order valence-electron chi connectivity index (χ0n) is 7.28. The Morgan fingerprint density at radius 3 is 2.92 bits per heavy atom. The summed E-state index contributed by atoms with van der Waals surface area (Å²) in [6.07, 6.45) is 1.69. The molecule has 0 saturated carbocycles. The quantitative estimate of drug-likeness (QED) is 0.632. The van der Waals surface area contributed by atoms with Gasteiger partial charge in [0, 0.05) is 6.07 Å². The van der Waals surface area contributed by atoms with Crippen LogP contribution in [0.5, 0.6) is 0 Å². The van der Waals surface area contributed by atoms with Crippen LogP contribution in [0.2, 0.25) is 0 Å². The maximum Gasteiger partial charge on any atom is 0.153 e. The summed E-state index contributed by atoms with van der Waals surface area (Å²) in [7, 11) is 0. The van der Waals surface area contributed by atoms with Crippen LogP contribution in [0.25, 0.3) is 10.8 Å². The van der Waals surface area contributed by atoms with Gasteiger partial charge in [-0.05, 0) is 40.1 Å². The molecule has 0 N–H and O–H groups in total. The summed E-state index contributed by atoms with van der Waals surface area (Å²) in [5.41, 5.74) is 0. The Morgan fingerprint density at radius 2 is 2.15 bits per heavy atom. The van der Waals surface area contributed by atoms with Crippen molar-refractivity contribution >= 4 is 21.9 Å². The van der Waals surface area contributed by atoms with E-state index < -0.39 is 11.2 Å². The summed E-state index contributed by atoms with van der Waals surface area (Å²) in [6.45, 7) is 0. The van der Waals surface area contributed by atoms with Gasteiger partial charge in [0.2, 0.25) is 0 Å². The van der Waals surface area contributed by atoms with Crippen molar-refractivity contribution in [1.29, 1.82) is 0 Å². The first-order valence-corrected chi connectivity index (χ1v) is 5.57. The van der Waals surface area contributed by atoms with Gasteiger partial charge >= 0.3 is 0 Å². The van der Waals surface area contributed by atoms with E-state index in [0.717, 1.165) is 15.7 Å². The van der Waals surface area contributed by atoms with E-state index in [-0.39, 0.29) is 0 Å². The van der Waals surface area contributed by atoms with E-state index in [4.69, 9.17) is 0 Å². The maximum absolute atomic E-state index is 11.2. The molecule has 0 amide bonds. The lowest BCUT2D eigenvalue weighted by molar-refractivity contribution is 0.601. The van der Waals surface area contributed by atoms with E-state index in [9.17, 15) is 4.55 Å². The molecule has 0 aliphatic heterocycles. The molecule has 0 aliphatic carbocycles. The van der Waals surface area contributed by atoms with Gasteiger partial charge in [0.25, 0.3) is 0 Å². The van der Waals surface area contributed by atoms with Gasteiger partial charge in [-0.3, -0.25) is 0 Å². The molecule has 0 aliphatic rings. The van der Waals surface area contributed by atoms with Gasteiger partial charge in [-0.1, -0.05) is 18.2 Å². The largest absolute Gasteiger partial charge is 0.612 e. The number of fused-ring (bicyclic) bond motifs is 1. The molecule has 65 valence electrons. The van der Waals surface area contributed by atoms with Crippen molar-refractivity contribution in [3.63, 3.8) is 0 Å². The third kappa shape index (κ3) is 1.69. The van der Waals surface area contributed by atoms with Crippen LogP contribution in [0.1, 0.15) is 0 Å². The Balaban J connectivity index is 2.62. The molecule has 1 unspecified atom stereocenters. The van der Waals surface area contributed by atoms with Crippen LogP contribution in [-0.2, 0) is 11.2 Å². The van der Waals surface area contributed by atoms with E-state index in [1.165, 1.54) is 0 Å². The van der Waals surface area contributed by atoms with E-state index >= 15 is 0 Å². The summed E-state index contributed by atoms with van der Waals surface area (Å²) in [4.78, 5) is 0.868. The first-order valence-electron chi connectivity index (χ1n) is 4.01. The predicted molar refractivity (Wildman–Crippen MR) is 55.1 cm³/mol. The molecule has 0 saturated heterocycles. The summed E-state index contributed by atoms with van der Waals surface area (Å²) >= 11 is -0.899. The average molecular weight is 189 g/mol. The number of hydrogen-bond acceptors (Lipinski definition) is 1. The molecule has 2 rings (SSSR count). The lowest BCUT2D eigenvalue weighted by Gasteiger charge is -2.04. The van der Waals surface area contributed by atoms with Gasteiger partial charge in [-0.25, -0.2) is 0 Å². The van der Waals surface area contributed by atoms with Crippen LogP contribution in [0.15, 0.2) is 41.3 Å². The van der Waals surface area contributed by atoms with Crippen LogP contribution in [0, 0.1) is 6.07 Å². The molecule has 1 atom stereocenters. The van der Waals surface area contributed by atoms with Crippen LogP contribution in [-0.4, -0.2) is 10.8 Å². The smallest absolute Gasteiger partial charge is 0.153 e. The minimum Gasteiger partial charge on any atom is -0.612 e. The van der Waals surface area contributed by atoms with Crippen molar-refractivity contribution in [2.75, 3.05) is 6.26 Å². The Labute approximate surface area is 80.6 Å². The molecule has 0 bridgehead atoms. The first kappa shape index (κ1) is 8.60. The van der Waals surface area contributed by atoms with Gasteiger partial charge < -0.3 is 4.55 Å². The normalized spacial score (nSPS) is 13.1. The Bertz CT molecular complexity index is 423. The van der Waals surface area contributed by atoms with Crippen LogP contribution < -0.4 is 0 Å². The summed E-state index contributed by atoms with van der Waals surface area (Å²) in [6, 6.07) is 14.7. The predicted octanol–water partition coefficient (Wildman–Crippen LogP) is 2.38. The molecular formula is C11H9OS. The molecule has 2 heteroatoms. The zero-order valence-corrected chi connectivity index (χ0v) is 8.10. The molecule has 13 heavy (non-hydrogen) atoms. The third-order valence-electron chi connectivity index (χ3n) is 1.97. The van der Waals surface area contributed by atoms with Gasteiger partial charge in [0.05, 0.1) is 0 Å². The molecule has 2 aromatic rings. The minimum absolute atomic E-state index is 0.868. The SMILES string of the molecule is C[S+]([O-])c1ccc2[c]cccc2c1. The highest BCUT2D eigenvalue weighted by Crippen LogP contribution is 2.18. The van der Waals surface area contributed by atoms with Crippen molar-refractivity contribution < 1.29 is 4.55 Å². The minimum atomic E-state index is -0.899. The fourth-order valence-electron chi connectivity index (χ4n) is 1.28. The molecular weight excluding hydrogens is 180 g/mol. The Hall–Kier alpha value is -0.990. The van der Waals surface area contributed by atoms with Gasteiger partial charge in [0.15, 0.2) is 4.90 Å². The second kappa shape index (κ2) is 3.40. The van der Waals surface area contributed by atoms with E-state index in [0.29, 0.717) is 0 Å². The molecule has 2 aromatic carbocycles. The van der Waals surface area contributed by atoms with Gasteiger partial charge in [0.1, 0.15) is 6.26 Å². The van der Waals surface area contributed by atoms with Gasteiger partial charge in [-0.15, -0.1) is 0 Å². The van der Waals surface area contributed by atoms with E-state index in [1.807, 2.05) is 36.4 Å². The number of rotatable bonds is 1. The van der Waals surface area contributed by atoms with E-state index in [2.05, 4.69) is 6.07 Å². The van der Waals surface area contributed by atoms with Crippen molar-refractivity contribution in [3.05, 3.63) is 42.5 Å². The van der Waals surface area contributed by atoms with Crippen LogP contribution in [0.3, 0.4) is 0 Å². The lowest BCUT2D eigenvalue weighted by atomic mass is 10.1. The van der Waals surface area contributed by atoms with Gasteiger partial charge in [-0.2, -0.15) is 0 Å². The highest BCUT2D eigenvalue weighted by atomic mass is 32.2. The van der Waals surface area contributed by atoms with Crippen LogP contribution in [0.4, 0.5) is 0 Å². The second-order valence-corrected chi connectivity index (χ2v) is 4.25. The van der Waals surface area contributed by atoms with Crippen molar-refractivity contribution in [1.82, 2.24) is 0 Å². The fraction of sp³-hybridized carbons (Fsp3) is 0.0909. The molecule has 1 nitrogen and oxygen atoms in total. The first-order chi connectivity index (χ1) is 6.27. The molecule has 0 fully saturated rings. The maximum atomic E-state index is 11.2. The molecule has 1 radical (unpaired) electrons. The van der Waals surface area contributed by atoms with E-state index in [1.54, 1.807) is 6.26 Å². The summed E-state index contributed by atoms with van der Waals surface area (Å²) < 4.78 is 11.2. The molecule has 0 aromatic heterocycles. The van der Waals surface area contributed by atoms with Crippen molar-refractivity contribution in [2.45, 2.75) is 4.90 Å². The Morgan fingerprint density at radius 1 is 1.31 bits per heavy atom. The van der Waals surface area contributed by atoms with Crippen LogP contribution >= 0.6 is 0 Å². The number of hydrogen-bond donors (Lipinski definition) is 0. The highest BCUT2D eigenvalue weighted by molar-refractivity contribution is 7.90. The Kier molecular flexibility index (Phi) is 2.25. The molecule has 0 spiro atoms. The van der Waals surface area contributed by atoms with Crippen molar-refractivity contribution in [3.8, 4) is 0 Å². The third-order valence-corrected chi connectivity index (χ3v) is 2.88. The lowest BCUT2D eigenvalue weighted by Crippen LogP contribution is -1.96. The molecule has 0 heterocycles. The monoisotopic (exact) mass is 189 g/mol. The average Bonchev–Trinajstić information content (AvgIpc) is 2.17. The second-order valence-electron chi connectivity index (χ2n) is 2.87. The standard InChI is InChI=1S/C11H9OS/c1-13(12)11-7-6-9-4-2-3-5-10(9)8-11/h2-3,5-8H,1H3. The zero-order chi connectivity index (χ0) is 9.26.